The fourth-order valence-electron chi connectivity index (χ4n) is 2.73. The third-order valence-electron chi connectivity index (χ3n) is 4.02. The number of hydrogen-bond acceptors (Lipinski definition) is 6. The van der Waals surface area contributed by atoms with Crippen molar-refractivity contribution in [3.63, 3.8) is 0 Å². The van der Waals surface area contributed by atoms with Crippen LogP contribution in [0.5, 0.6) is 0 Å². The first-order valence-corrected chi connectivity index (χ1v) is 9.73. The maximum atomic E-state index is 12.7. The summed E-state index contributed by atoms with van der Waals surface area (Å²) in [6.07, 6.45) is 5.75. The van der Waals surface area contributed by atoms with Gasteiger partial charge in [-0.1, -0.05) is 29.8 Å². The van der Waals surface area contributed by atoms with Crippen LogP contribution in [0.4, 0.5) is 5.82 Å². The van der Waals surface area contributed by atoms with Gasteiger partial charge in [0.25, 0.3) is 5.78 Å². The van der Waals surface area contributed by atoms with Crippen LogP contribution in [0.3, 0.4) is 0 Å². The Morgan fingerprint density at radius 1 is 1.12 bits per heavy atom. The van der Waals surface area contributed by atoms with E-state index in [1.54, 1.807) is 48.6 Å². The Labute approximate surface area is 155 Å². The number of sulfone groups is 1. The van der Waals surface area contributed by atoms with E-state index in [1.165, 1.54) is 10.8 Å². The number of nitrogens with zero attached hydrogens (tertiary/aromatic N) is 4. The average Bonchev–Trinajstić information content (AvgIpc) is 3.11. The van der Waals surface area contributed by atoms with Crippen molar-refractivity contribution in [3.8, 4) is 0 Å². The van der Waals surface area contributed by atoms with Crippen molar-refractivity contribution in [2.24, 2.45) is 0 Å². The molecule has 2 heterocycles. The van der Waals surface area contributed by atoms with Gasteiger partial charge in [0.15, 0.2) is 0 Å². The first-order valence-electron chi connectivity index (χ1n) is 7.87. The van der Waals surface area contributed by atoms with Crippen molar-refractivity contribution < 1.29 is 8.42 Å². The van der Waals surface area contributed by atoms with E-state index >= 15 is 0 Å². The minimum absolute atomic E-state index is 0.298. The molecule has 7 nitrogen and oxygen atoms in total. The number of anilines is 1. The second kappa shape index (κ2) is 6.54. The number of rotatable bonds is 4. The Bertz CT molecular complexity index is 1140. The molecule has 0 unspecified atom stereocenters. The highest BCUT2D eigenvalue weighted by atomic mass is 35.5. The summed E-state index contributed by atoms with van der Waals surface area (Å²) in [4.78, 5) is 8.79. The van der Waals surface area contributed by atoms with Crippen LogP contribution in [0.25, 0.3) is 5.78 Å². The van der Waals surface area contributed by atoms with Crippen LogP contribution in [-0.4, -0.2) is 28.0 Å². The normalized spacial score (nSPS) is 14.8. The summed E-state index contributed by atoms with van der Waals surface area (Å²) in [6, 6.07) is 10.1. The Morgan fingerprint density at radius 3 is 2.65 bits per heavy atom. The zero-order valence-corrected chi connectivity index (χ0v) is 15.1. The zero-order chi connectivity index (χ0) is 18.1. The highest BCUT2D eigenvalue weighted by Crippen LogP contribution is 2.28. The first-order chi connectivity index (χ1) is 12.5. The molecule has 0 saturated heterocycles. The van der Waals surface area contributed by atoms with E-state index in [0.29, 0.717) is 39.4 Å². The van der Waals surface area contributed by atoms with E-state index in [9.17, 15) is 8.42 Å². The molecule has 2 aromatic heterocycles. The average molecular weight is 388 g/mol. The van der Waals surface area contributed by atoms with Crippen LogP contribution in [0.1, 0.15) is 12.8 Å². The number of aromatic nitrogens is 4. The van der Waals surface area contributed by atoms with Gasteiger partial charge in [0, 0.05) is 16.7 Å². The van der Waals surface area contributed by atoms with E-state index in [0.717, 1.165) is 5.70 Å². The molecule has 1 aliphatic rings. The molecule has 4 rings (SSSR count). The van der Waals surface area contributed by atoms with Crippen LogP contribution >= 0.6 is 11.6 Å². The quantitative estimate of drug-likeness (QED) is 0.691. The van der Waals surface area contributed by atoms with Gasteiger partial charge in [0.1, 0.15) is 17.3 Å². The van der Waals surface area contributed by atoms with Crippen LogP contribution in [0, 0.1) is 0 Å². The van der Waals surface area contributed by atoms with Gasteiger partial charge in [-0.05, 0) is 37.1 Å². The summed E-state index contributed by atoms with van der Waals surface area (Å²) in [6.45, 7) is 0. The lowest BCUT2D eigenvalue weighted by molar-refractivity contribution is 0.599. The molecule has 1 N–H and O–H groups in total. The fraction of sp³-hybridized carbons (Fsp3) is 0.118. The number of hydrogen-bond donors (Lipinski definition) is 1. The largest absolute Gasteiger partial charge is 0.344 e. The van der Waals surface area contributed by atoms with Crippen molar-refractivity contribution in [1.82, 2.24) is 19.6 Å². The van der Waals surface area contributed by atoms with Crippen molar-refractivity contribution in [1.29, 1.82) is 0 Å². The maximum absolute atomic E-state index is 12.7. The summed E-state index contributed by atoms with van der Waals surface area (Å²) in [5, 5.41) is 7.62. The molecule has 1 aliphatic carbocycles. The number of fused-ring (bicyclic) bond motifs is 1. The topological polar surface area (TPSA) is 89.2 Å². The van der Waals surface area contributed by atoms with Crippen LogP contribution in [-0.2, 0) is 9.84 Å². The number of benzene rings is 1. The molecule has 9 heteroatoms. The van der Waals surface area contributed by atoms with Gasteiger partial charge in [-0.2, -0.15) is 19.6 Å². The van der Waals surface area contributed by atoms with E-state index in [2.05, 4.69) is 20.4 Å². The highest BCUT2D eigenvalue weighted by Gasteiger charge is 2.22. The third-order valence-corrected chi connectivity index (χ3v) is 6.14. The van der Waals surface area contributed by atoms with Gasteiger partial charge in [-0.25, -0.2) is 8.42 Å². The van der Waals surface area contributed by atoms with Gasteiger partial charge in [-0.3, -0.25) is 0 Å². The van der Waals surface area contributed by atoms with Gasteiger partial charge >= 0.3 is 0 Å². The zero-order valence-electron chi connectivity index (χ0n) is 13.5. The predicted molar refractivity (Wildman–Crippen MR) is 98.4 cm³/mol. The summed E-state index contributed by atoms with van der Waals surface area (Å²) in [7, 11) is -3.46. The van der Waals surface area contributed by atoms with Gasteiger partial charge in [0.2, 0.25) is 9.84 Å². The van der Waals surface area contributed by atoms with Crippen molar-refractivity contribution in [2.75, 3.05) is 5.32 Å². The van der Waals surface area contributed by atoms with Gasteiger partial charge in [-0.15, -0.1) is 0 Å². The molecule has 132 valence electrons. The molecule has 26 heavy (non-hydrogen) atoms. The molecular formula is C17H14ClN5O2S. The Hall–Kier alpha value is -2.71. The van der Waals surface area contributed by atoms with Gasteiger partial charge in [0.05, 0.1) is 4.90 Å². The summed E-state index contributed by atoms with van der Waals surface area (Å²) in [5.41, 5.74) is 0.857. The van der Waals surface area contributed by atoms with E-state index in [4.69, 9.17) is 11.6 Å². The molecule has 0 atom stereocenters. The summed E-state index contributed by atoms with van der Waals surface area (Å²) in [5.74, 6) is 1.01. The summed E-state index contributed by atoms with van der Waals surface area (Å²) >= 11 is 6.01. The smallest absolute Gasteiger partial charge is 0.255 e. The minimum atomic E-state index is -3.46. The number of nitrogens with one attached hydrogen (secondary N) is 1. The Morgan fingerprint density at radius 2 is 1.92 bits per heavy atom. The lowest BCUT2D eigenvalue weighted by atomic mass is 10.1. The van der Waals surface area contributed by atoms with E-state index < -0.39 is 9.84 Å². The molecule has 3 aromatic rings. The fourth-order valence-corrected chi connectivity index (χ4v) is 4.35. The third kappa shape index (κ3) is 3.09. The molecule has 0 amide bonds. The van der Waals surface area contributed by atoms with Crippen LogP contribution in [0.15, 0.2) is 70.4 Å². The van der Waals surface area contributed by atoms with Crippen molar-refractivity contribution in [3.05, 3.63) is 70.6 Å². The Balaban J connectivity index is 1.62. The molecule has 0 radical (unpaired) electrons. The van der Waals surface area contributed by atoms with E-state index in [1.807, 2.05) is 0 Å². The maximum Gasteiger partial charge on any atom is 0.255 e. The Kier molecular flexibility index (Phi) is 4.21. The molecule has 0 bridgehead atoms. The van der Waals surface area contributed by atoms with Crippen LogP contribution in [0.2, 0.25) is 5.15 Å². The highest BCUT2D eigenvalue weighted by molar-refractivity contribution is 7.95. The summed E-state index contributed by atoms with van der Waals surface area (Å²) < 4.78 is 26.9. The van der Waals surface area contributed by atoms with Crippen molar-refractivity contribution in [2.45, 2.75) is 17.7 Å². The number of allylic oxidation sites excluding steroid dienone is 4. The molecule has 0 spiro atoms. The lowest BCUT2D eigenvalue weighted by Gasteiger charge is -2.17. The monoisotopic (exact) mass is 387 g/mol. The van der Waals surface area contributed by atoms with Gasteiger partial charge < -0.3 is 5.32 Å². The lowest BCUT2D eigenvalue weighted by Crippen LogP contribution is -2.12. The van der Waals surface area contributed by atoms with Crippen molar-refractivity contribution >= 4 is 33.0 Å². The molecular weight excluding hydrogens is 374 g/mol. The van der Waals surface area contributed by atoms with E-state index in [-0.39, 0.29) is 0 Å². The first kappa shape index (κ1) is 16.7. The molecule has 0 saturated carbocycles. The number of halogens is 1. The SMILES string of the molecule is O=S(=O)(C1=CC=C(Nc2cc(Cl)nc3ncnn23)CC1)c1ccccc1. The molecule has 1 aromatic carbocycles. The molecule has 0 fully saturated rings. The standard InChI is InChI=1S/C17H14ClN5O2S/c18-15-10-16(23-17(22-15)19-11-20-23)21-12-6-8-14(9-7-12)26(24,25)13-4-2-1-3-5-13/h1-6,8,10-11,21H,7,9H2. The second-order valence-corrected chi connectivity index (χ2v) is 8.09. The second-order valence-electron chi connectivity index (χ2n) is 5.70. The predicted octanol–water partition coefficient (Wildman–Crippen LogP) is 3.23. The van der Waals surface area contributed by atoms with Crippen LogP contribution < -0.4 is 5.32 Å². The minimum Gasteiger partial charge on any atom is -0.344 e. The molecule has 0 aliphatic heterocycles.